The zero-order valence-electron chi connectivity index (χ0n) is 16.3. The Bertz CT molecular complexity index is 1230. The number of halogens is 1. The molecule has 0 aliphatic heterocycles. The zero-order valence-corrected chi connectivity index (χ0v) is 17.0. The lowest BCUT2D eigenvalue weighted by molar-refractivity contribution is -0.119. The Kier molecular flexibility index (Phi) is 5.24. The van der Waals surface area contributed by atoms with E-state index in [1.54, 1.807) is 36.4 Å². The van der Waals surface area contributed by atoms with Gasteiger partial charge in [0.2, 0.25) is 0 Å². The monoisotopic (exact) mass is 423 g/mol. The Hall–Kier alpha value is -3.65. The fourth-order valence-electron chi connectivity index (χ4n) is 2.83. The van der Waals surface area contributed by atoms with Crippen molar-refractivity contribution >= 4 is 34.8 Å². The van der Waals surface area contributed by atoms with E-state index in [1.165, 1.54) is 4.63 Å². The van der Waals surface area contributed by atoms with Gasteiger partial charge in [-0.25, -0.2) is 9.78 Å². The molecule has 4 rings (SSSR count). The second kappa shape index (κ2) is 8.00. The van der Waals surface area contributed by atoms with E-state index >= 15 is 0 Å². The summed E-state index contributed by atoms with van der Waals surface area (Å²) in [6.07, 6.45) is 0. The molecule has 4 aromatic rings. The number of aromatic nitrogens is 4. The van der Waals surface area contributed by atoms with Gasteiger partial charge in [-0.3, -0.25) is 9.89 Å². The minimum atomic E-state index is -0.545. The summed E-state index contributed by atoms with van der Waals surface area (Å²) in [4.78, 5) is 28.5. The number of amides is 1. The van der Waals surface area contributed by atoms with E-state index in [4.69, 9.17) is 16.3 Å². The molecule has 9 heteroatoms. The molecule has 0 aliphatic rings. The topological polar surface area (TPSA) is 101 Å². The molecule has 0 fully saturated rings. The SMILES string of the molecule is Cc1ccc(C(=O)OCC(=O)Nc2ccc(-c3nc4c(Cl)c(C)[nH]n4n3)cc2)cc1. The third-order valence-electron chi connectivity index (χ3n) is 4.45. The molecule has 2 aromatic heterocycles. The number of anilines is 1. The third kappa shape index (κ3) is 4.04. The number of nitrogens with zero attached hydrogens (tertiary/aromatic N) is 3. The molecule has 0 saturated heterocycles. The van der Waals surface area contributed by atoms with Crippen molar-refractivity contribution in [2.45, 2.75) is 13.8 Å². The number of carbonyl (C=O) groups excluding carboxylic acids is 2. The molecule has 0 radical (unpaired) electrons. The highest BCUT2D eigenvalue weighted by molar-refractivity contribution is 6.34. The predicted molar refractivity (Wildman–Crippen MR) is 113 cm³/mol. The Balaban J connectivity index is 1.36. The van der Waals surface area contributed by atoms with Crippen LogP contribution in [0.5, 0.6) is 0 Å². The molecule has 0 unspecified atom stereocenters. The summed E-state index contributed by atoms with van der Waals surface area (Å²) >= 11 is 6.18. The van der Waals surface area contributed by atoms with Gasteiger partial charge in [-0.15, -0.1) is 5.10 Å². The predicted octanol–water partition coefficient (Wildman–Crippen LogP) is 3.79. The van der Waals surface area contributed by atoms with Crippen molar-refractivity contribution in [1.29, 1.82) is 0 Å². The van der Waals surface area contributed by atoms with Gasteiger partial charge in [0.1, 0.15) is 5.02 Å². The number of aryl methyl sites for hydroxylation is 2. The van der Waals surface area contributed by atoms with Crippen LogP contribution in [0, 0.1) is 13.8 Å². The quantitative estimate of drug-likeness (QED) is 0.475. The normalized spacial score (nSPS) is 10.9. The second-order valence-corrected chi connectivity index (χ2v) is 7.17. The van der Waals surface area contributed by atoms with Gasteiger partial charge in [0.05, 0.1) is 11.3 Å². The van der Waals surface area contributed by atoms with E-state index in [0.29, 0.717) is 27.7 Å². The van der Waals surface area contributed by atoms with E-state index < -0.39 is 11.9 Å². The minimum Gasteiger partial charge on any atom is -0.452 e. The molecule has 0 aliphatic carbocycles. The maximum Gasteiger partial charge on any atom is 0.338 e. The fourth-order valence-corrected chi connectivity index (χ4v) is 3.00. The number of nitrogens with one attached hydrogen (secondary N) is 2. The summed E-state index contributed by atoms with van der Waals surface area (Å²) in [6.45, 7) is 3.39. The van der Waals surface area contributed by atoms with Crippen molar-refractivity contribution in [3.63, 3.8) is 0 Å². The number of hydrogen-bond donors (Lipinski definition) is 2. The molecule has 0 atom stereocenters. The molecule has 8 nitrogen and oxygen atoms in total. The van der Waals surface area contributed by atoms with Crippen LogP contribution in [0.2, 0.25) is 5.02 Å². The van der Waals surface area contributed by atoms with Crippen LogP contribution < -0.4 is 5.32 Å². The Morgan fingerprint density at radius 2 is 1.80 bits per heavy atom. The van der Waals surface area contributed by atoms with Crippen molar-refractivity contribution < 1.29 is 14.3 Å². The molecule has 2 aromatic carbocycles. The summed E-state index contributed by atoms with van der Waals surface area (Å²) in [5.74, 6) is -0.470. The Labute approximate surface area is 176 Å². The Morgan fingerprint density at radius 3 is 2.47 bits per heavy atom. The van der Waals surface area contributed by atoms with Crippen molar-refractivity contribution in [2.24, 2.45) is 0 Å². The van der Waals surface area contributed by atoms with Crippen LogP contribution in [0.25, 0.3) is 17.0 Å². The molecule has 0 spiro atoms. The molecule has 30 heavy (non-hydrogen) atoms. The molecule has 0 bridgehead atoms. The molecule has 2 N–H and O–H groups in total. The van der Waals surface area contributed by atoms with Crippen molar-refractivity contribution in [2.75, 3.05) is 11.9 Å². The van der Waals surface area contributed by atoms with Gasteiger partial charge in [-0.1, -0.05) is 29.3 Å². The number of H-pyrrole nitrogens is 1. The lowest BCUT2D eigenvalue weighted by Gasteiger charge is -2.07. The smallest absolute Gasteiger partial charge is 0.338 e. The van der Waals surface area contributed by atoms with Crippen LogP contribution in [-0.4, -0.2) is 38.3 Å². The van der Waals surface area contributed by atoms with Crippen LogP contribution >= 0.6 is 11.6 Å². The van der Waals surface area contributed by atoms with Crippen molar-refractivity contribution in [3.05, 3.63) is 70.4 Å². The highest BCUT2D eigenvalue weighted by Crippen LogP contribution is 2.24. The van der Waals surface area contributed by atoms with Gasteiger partial charge in [-0.2, -0.15) is 4.63 Å². The molecular formula is C21H18ClN5O3. The summed E-state index contributed by atoms with van der Waals surface area (Å²) in [5.41, 5.74) is 4.11. The summed E-state index contributed by atoms with van der Waals surface area (Å²) in [5, 5.41) is 10.6. The van der Waals surface area contributed by atoms with Crippen LogP contribution in [0.15, 0.2) is 48.5 Å². The third-order valence-corrected chi connectivity index (χ3v) is 4.91. The Morgan fingerprint density at radius 1 is 1.10 bits per heavy atom. The van der Waals surface area contributed by atoms with Gasteiger partial charge < -0.3 is 10.1 Å². The number of fused-ring (bicyclic) bond motifs is 1. The standard InChI is InChI=1S/C21H18ClN5O3/c1-12-3-5-15(6-4-12)21(29)30-11-17(28)23-16-9-7-14(8-10-16)19-24-20-18(22)13(2)25-27(20)26-19/h3-10,25H,11H2,1-2H3,(H,23,28). The molecular weight excluding hydrogens is 406 g/mol. The zero-order chi connectivity index (χ0) is 21.3. The van der Waals surface area contributed by atoms with Crippen LogP contribution in [0.4, 0.5) is 5.69 Å². The molecule has 152 valence electrons. The second-order valence-electron chi connectivity index (χ2n) is 6.79. The van der Waals surface area contributed by atoms with E-state index in [1.807, 2.05) is 26.0 Å². The molecule has 2 heterocycles. The maximum absolute atomic E-state index is 12.1. The lowest BCUT2D eigenvalue weighted by Crippen LogP contribution is -2.20. The first-order chi connectivity index (χ1) is 14.4. The van der Waals surface area contributed by atoms with E-state index in [9.17, 15) is 9.59 Å². The summed E-state index contributed by atoms with van der Waals surface area (Å²) in [7, 11) is 0. The first-order valence-corrected chi connectivity index (χ1v) is 9.53. The number of hydrogen-bond acceptors (Lipinski definition) is 5. The number of carbonyl (C=O) groups is 2. The minimum absolute atomic E-state index is 0.375. The first kappa shape index (κ1) is 19.7. The van der Waals surface area contributed by atoms with Crippen molar-refractivity contribution in [3.8, 4) is 11.4 Å². The summed E-state index contributed by atoms with van der Waals surface area (Å²) < 4.78 is 6.57. The fraction of sp³-hybridized carbons (Fsp3) is 0.143. The largest absolute Gasteiger partial charge is 0.452 e. The van der Waals surface area contributed by atoms with Crippen LogP contribution in [0.3, 0.4) is 0 Å². The van der Waals surface area contributed by atoms with Crippen molar-refractivity contribution in [1.82, 2.24) is 19.8 Å². The van der Waals surface area contributed by atoms with E-state index in [0.717, 1.165) is 16.8 Å². The number of esters is 1. The number of aromatic amines is 1. The lowest BCUT2D eigenvalue weighted by atomic mass is 10.1. The number of benzene rings is 2. The van der Waals surface area contributed by atoms with Crippen LogP contribution in [0.1, 0.15) is 21.6 Å². The van der Waals surface area contributed by atoms with Gasteiger partial charge in [-0.05, 0) is 50.2 Å². The van der Waals surface area contributed by atoms with E-state index in [2.05, 4.69) is 20.5 Å². The van der Waals surface area contributed by atoms with Gasteiger partial charge in [0.15, 0.2) is 18.1 Å². The first-order valence-electron chi connectivity index (χ1n) is 9.15. The van der Waals surface area contributed by atoms with Gasteiger partial charge in [0, 0.05) is 11.3 Å². The maximum atomic E-state index is 12.1. The highest BCUT2D eigenvalue weighted by Gasteiger charge is 2.14. The van der Waals surface area contributed by atoms with Crippen LogP contribution in [-0.2, 0) is 9.53 Å². The number of ether oxygens (including phenoxy) is 1. The highest BCUT2D eigenvalue weighted by atomic mass is 35.5. The molecule has 0 saturated carbocycles. The van der Waals surface area contributed by atoms with Gasteiger partial charge >= 0.3 is 5.97 Å². The molecule has 1 amide bonds. The van der Waals surface area contributed by atoms with E-state index in [-0.39, 0.29) is 6.61 Å². The number of rotatable bonds is 5. The van der Waals surface area contributed by atoms with Gasteiger partial charge in [0.25, 0.3) is 5.91 Å². The summed E-state index contributed by atoms with van der Waals surface area (Å²) in [6, 6.07) is 13.9. The average molecular weight is 424 g/mol. The average Bonchev–Trinajstić information content (AvgIpc) is 3.26.